The molecule has 27 heavy (non-hydrogen) atoms. The van der Waals surface area contributed by atoms with Gasteiger partial charge in [0.15, 0.2) is 5.79 Å². The second-order valence-electron chi connectivity index (χ2n) is 11.3. The van der Waals surface area contributed by atoms with Crippen LogP contribution in [-0.2, 0) is 18.9 Å². The maximum atomic E-state index is 7.18. The smallest absolute Gasteiger partial charge is 0.163 e. The highest BCUT2D eigenvalue weighted by Gasteiger charge is 2.70. The first-order valence-corrected chi connectivity index (χ1v) is 11.2. The molecule has 0 amide bonds. The summed E-state index contributed by atoms with van der Waals surface area (Å²) in [5.41, 5.74) is 0.250. The minimum atomic E-state index is -0.452. The van der Waals surface area contributed by atoms with Crippen molar-refractivity contribution in [1.29, 1.82) is 0 Å². The summed E-state index contributed by atoms with van der Waals surface area (Å²) in [5.74, 6) is 0.751. The largest absolute Gasteiger partial charge is 0.378 e. The molecule has 2 spiro atoms. The molecule has 0 N–H and O–H groups in total. The van der Waals surface area contributed by atoms with E-state index in [0.29, 0.717) is 17.9 Å². The third kappa shape index (κ3) is 2.42. The van der Waals surface area contributed by atoms with Crippen LogP contribution in [-0.4, -0.2) is 42.9 Å². The zero-order valence-corrected chi connectivity index (χ0v) is 17.9. The van der Waals surface area contributed by atoms with Crippen LogP contribution in [0.4, 0.5) is 0 Å². The Morgan fingerprint density at radius 1 is 0.852 bits per heavy atom. The molecule has 5 rings (SSSR count). The van der Waals surface area contributed by atoms with Crippen molar-refractivity contribution in [2.24, 2.45) is 22.7 Å². The van der Waals surface area contributed by atoms with E-state index in [-0.39, 0.29) is 22.0 Å². The molecule has 3 heterocycles. The van der Waals surface area contributed by atoms with Crippen molar-refractivity contribution in [2.45, 2.75) is 103 Å². The number of hydrogen-bond acceptors (Lipinski definition) is 4. The van der Waals surface area contributed by atoms with Gasteiger partial charge in [0.25, 0.3) is 0 Å². The van der Waals surface area contributed by atoms with E-state index in [9.17, 15) is 0 Å². The molecular formula is C23H38O4. The summed E-state index contributed by atoms with van der Waals surface area (Å²) in [6.45, 7) is 14.0. The van der Waals surface area contributed by atoms with E-state index in [1.165, 1.54) is 32.1 Å². The minimum Gasteiger partial charge on any atom is -0.378 e. The first-order valence-electron chi connectivity index (χ1n) is 11.2. The molecule has 5 fully saturated rings. The number of hydrogen-bond donors (Lipinski definition) is 0. The Morgan fingerprint density at radius 3 is 2.41 bits per heavy atom. The SMILES string of the molecule is C[C@@H]1CCC2[C@]3(C)COC(C)(C)OC3CC[C@]2(C)[C@]12CC[C@@]1(CCOC1)O2. The average Bonchev–Trinajstić information content (AvgIpc) is 3.23. The summed E-state index contributed by atoms with van der Waals surface area (Å²) in [4.78, 5) is 0. The molecule has 0 bridgehead atoms. The molecular weight excluding hydrogens is 340 g/mol. The van der Waals surface area contributed by atoms with Crippen molar-refractivity contribution in [3.63, 3.8) is 0 Å². The van der Waals surface area contributed by atoms with Crippen LogP contribution in [0.5, 0.6) is 0 Å². The Morgan fingerprint density at radius 2 is 1.67 bits per heavy atom. The molecule has 154 valence electrons. The molecule has 2 unspecified atom stereocenters. The summed E-state index contributed by atoms with van der Waals surface area (Å²) in [6, 6.07) is 0. The van der Waals surface area contributed by atoms with Gasteiger partial charge in [-0.05, 0) is 64.2 Å². The standard InChI is InChI=1S/C23H38O4/c1-16-6-7-17-20(4)14-25-19(2,3)26-18(20)8-9-21(17,5)23(16)11-10-22(27-23)12-13-24-15-22/h16-18H,6-15H2,1-5H3/t16-,17?,18?,20+,21+,22+,23+/m1/s1. The summed E-state index contributed by atoms with van der Waals surface area (Å²) in [6.07, 6.45) is 8.58. The quantitative estimate of drug-likeness (QED) is 0.612. The molecule has 7 atom stereocenters. The van der Waals surface area contributed by atoms with Crippen molar-refractivity contribution in [3.05, 3.63) is 0 Å². The number of ether oxygens (including phenoxy) is 4. The van der Waals surface area contributed by atoms with Crippen molar-refractivity contribution < 1.29 is 18.9 Å². The van der Waals surface area contributed by atoms with Crippen LogP contribution < -0.4 is 0 Å². The van der Waals surface area contributed by atoms with Crippen LogP contribution in [0, 0.1) is 22.7 Å². The second-order valence-corrected chi connectivity index (χ2v) is 11.3. The molecule has 3 aliphatic heterocycles. The lowest BCUT2D eigenvalue weighted by molar-refractivity contribution is -0.358. The highest BCUT2D eigenvalue weighted by atomic mass is 16.7. The molecule has 4 nitrogen and oxygen atoms in total. The van der Waals surface area contributed by atoms with E-state index in [0.717, 1.165) is 32.7 Å². The predicted octanol–water partition coefficient (Wildman–Crippen LogP) is 4.70. The van der Waals surface area contributed by atoms with E-state index in [1.54, 1.807) is 0 Å². The maximum absolute atomic E-state index is 7.18. The van der Waals surface area contributed by atoms with Gasteiger partial charge >= 0.3 is 0 Å². The average molecular weight is 379 g/mol. The Bertz CT molecular complexity index is 611. The molecule has 2 saturated carbocycles. The minimum absolute atomic E-state index is 0.00936. The molecule has 2 aliphatic carbocycles. The third-order valence-corrected chi connectivity index (χ3v) is 9.45. The van der Waals surface area contributed by atoms with E-state index < -0.39 is 5.79 Å². The van der Waals surface area contributed by atoms with Gasteiger partial charge in [-0.15, -0.1) is 0 Å². The van der Waals surface area contributed by atoms with Gasteiger partial charge in [0.05, 0.1) is 30.5 Å². The molecule has 0 aromatic heterocycles. The van der Waals surface area contributed by atoms with Crippen LogP contribution in [0.25, 0.3) is 0 Å². The fraction of sp³-hybridized carbons (Fsp3) is 1.00. The van der Waals surface area contributed by atoms with Gasteiger partial charge in [0, 0.05) is 23.9 Å². The van der Waals surface area contributed by atoms with Crippen LogP contribution in [0.15, 0.2) is 0 Å². The molecule has 3 saturated heterocycles. The predicted molar refractivity (Wildman–Crippen MR) is 103 cm³/mol. The summed E-state index contributed by atoms with van der Waals surface area (Å²) < 4.78 is 25.6. The van der Waals surface area contributed by atoms with Crippen molar-refractivity contribution in [1.82, 2.24) is 0 Å². The van der Waals surface area contributed by atoms with Crippen LogP contribution in [0.2, 0.25) is 0 Å². The molecule has 4 heteroatoms. The van der Waals surface area contributed by atoms with E-state index in [4.69, 9.17) is 18.9 Å². The normalized spacial score (nSPS) is 57.0. The summed E-state index contributed by atoms with van der Waals surface area (Å²) >= 11 is 0. The monoisotopic (exact) mass is 378 g/mol. The van der Waals surface area contributed by atoms with Gasteiger partial charge in [0.2, 0.25) is 0 Å². The lowest BCUT2D eigenvalue weighted by atomic mass is 9.43. The topological polar surface area (TPSA) is 36.9 Å². The molecule has 0 aromatic carbocycles. The first kappa shape index (κ1) is 18.8. The Kier molecular flexibility index (Phi) is 3.99. The van der Waals surface area contributed by atoms with Gasteiger partial charge in [-0.3, -0.25) is 0 Å². The van der Waals surface area contributed by atoms with Gasteiger partial charge in [0.1, 0.15) is 0 Å². The van der Waals surface area contributed by atoms with E-state index in [2.05, 4.69) is 34.6 Å². The fourth-order valence-corrected chi connectivity index (χ4v) is 7.86. The summed E-state index contributed by atoms with van der Waals surface area (Å²) in [7, 11) is 0. The van der Waals surface area contributed by atoms with Crippen molar-refractivity contribution in [2.75, 3.05) is 19.8 Å². The van der Waals surface area contributed by atoms with Gasteiger partial charge in [-0.25, -0.2) is 0 Å². The van der Waals surface area contributed by atoms with E-state index >= 15 is 0 Å². The van der Waals surface area contributed by atoms with Crippen LogP contribution in [0.3, 0.4) is 0 Å². The Hall–Kier alpha value is -0.160. The van der Waals surface area contributed by atoms with Crippen molar-refractivity contribution >= 4 is 0 Å². The molecule has 5 aliphatic rings. The lowest BCUT2D eigenvalue weighted by Crippen LogP contribution is -2.68. The van der Waals surface area contributed by atoms with E-state index in [1.807, 2.05) is 0 Å². The van der Waals surface area contributed by atoms with Gasteiger partial charge < -0.3 is 18.9 Å². The highest BCUT2D eigenvalue weighted by Crippen LogP contribution is 2.69. The Labute approximate surface area is 164 Å². The third-order valence-electron chi connectivity index (χ3n) is 9.45. The lowest BCUT2D eigenvalue weighted by Gasteiger charge is -2.67. The molecule has 0 aromatic rings. The zero-order valence-electron chi connectivity index (χ0n) is 17.9. The van der Waals surface area contributed by atoms with Crippen LogP contribution in [0.1, 0.15) is 79.6 Å². The number of fused-ring (bicyclic) bond motifs is 4. The maximum Gasteiger partial charge on any atom is 0.163 e. The molecule has 0 radical (unpaired) electrons. The van der Waals surface area contributed by atoms with Gasteiger partial charge in [-0.2, -0.15) is 0 Å². The van der Waals surface area contributed by atoms with Gasteiger partial charge in [-0.1, -0.05) is 20.8 Å². The zero-order chi connectivity index (χ0) is 19.1. The second kappa shape index (κ2) is 5.71. The fourth-order valence-electron chi connectivity index (χ4n) is 7.86. The number of rotatable bonds is 0. The van der Waals surface area contributed by atoms with Crippen molar-refractivity contribution in [3.8, 4) is 0 Å². The first-order chi connectivity index (χ1) is 12.7. The highest BCUT2D eigenvalue weighted by molar-refractivity contribution is 5.18. The summed E-state index contributed by atoms with van der Waals surface area (Å²) in [5, 5.41) is 0. The van der Waals surface area contributed by atoms with Crippen LogP contribution >= 0.6 is 0 Å². The Balaban J connectivity index is 1.51.